The Bertz CT molecular complexity index is 750. The SMILES string of the molecule is CCNC(=NCc1ccc(C)cc1OC)NCc1ccccc1COCC.I. The van der Waals surface area contributed by atoms with Crippen molar-refractivity contribution < 1.29 is 9.47 Å². The summed E-state index contributed by atoms with van der Waals surface area (Å²) in [5.41, 5.74) is 4.65. The van der Waals surface area contributed by atoms with Crippen LogP contribution >= 0.6 is 24.0 Å². The normalized spacial score (nSPS) is 10.9. The Kier molecular flexibility index (Phi) is 11.6. The van der Waals surface area contributed by atoms with Crippen molar-refractivity contribution in [3.05, 3.63) is 64.7 Å². The Morgan fingerprint density at radius 2 is 1.75 bits per heavy atom. The molecule has 28 heavy (non-hydrogen) atoms. The Morgan fingerprint density at radius 1 is 1.00 bits per heavy atom. The number of hydrogen-bond donors (Lipinski definition) is 2. The van der Waals surface area contributed by atoms with E-state index in [9.17, 15) is 0 Å². The molecule has 0 bridgehead atoms. The van der Waals surface area contributed by atoms with Crippen LogP contribution in [0.4, 0.5) is 0 Å². The van der Waals surface area contributed by atoms with Gasteiger partial charge in [0.05, 0.1) is 20.3 Å². The van der Waals surface area contributed by atoms with E-state index in [4.69, 9.17) is 14.5 Å². The highest BCUT2D eigenvalue weighted by molar-refractivity contribution is 14.0. The fraction of sp³-hybridized carbons (Fsp3) is 0.409. The predicted octanol–water partition coefficient (Wildman–Crippen LogP) is 4.41. The quantitative estimate of drug-likeness (QED) is 0.306. The van der Waals surface area contributed by atoms with Gasteiger partial charge in [0, 0.05) is 25.3 Å². The number of aryl methyl sites for hydroxylation is 1. The third kappa shape index (κ3) is 7.67. The molecule has 0 unspecified atom stereocenters. The molecular weight excluding hydrogens is 465 g/mol. The molecule has 5 nitrogen and oxygen atoms in total. The van der Waals surface area contributed by atoms with Crippen molar-refractivity contribution >= 4 is 29.9 Å². The molecule has 0 saturated heterocycles. The van der Waals surface area contributed by atoms with E-state index in [1.54, 1.807) is 7.11 Å². The molecule has 0 spiro atoms. The lowest BCUT2D eigenvalue weighted by Crippen LogP contribution is -2.37. The topological polar surface area (TPSA) is 54.9 Å². The summed E-state index contributed by atoms with van der Waals surface area (Å²) in [4.78, 5) is 4.71. The predicted molar refractivity (Wildman–Crippen MR) is 127 cm³/mol. The Balaban J connectivity index is 0.00000392. The van der Waals surface area contributed by atoms with E-state index in [-0.39, 0.29) is 24.0 Å². The van der Waals surface area contributed by atoms with Crippen molar-refractivity contribution in [1.29, 1.82) is 0 Å². The van der Waals surface area contributed by atoms with Gasteiger partial charge in [-0.25, -0.2) is 4.99 Å². The number of ether oxygens (including phenoxy) is 2. The zero-order chi connectivity index (χ0) is 19.5. The number of rotatable bonds is 9. The number of guanidine groups is 1. The van der Waals surface area contributed by atoms with Gasteiger partial charge in [-0.1, -0.05) is 36.4 Å². The number of nitrogens with zero attached hydrogens (tertiary/aromatic N) is 1. The van der Waals surface area contributed by atoms with Gasteiger partial charge in [0.15, 0.2) is 5.96 Å². The van der Waals surface area contributed by atoms with Gasteiger partial charge < -0.3 is 20.1 Å². The second-order valence-electron chi connectivity index (χ2n) is 6.27. The molecular formula is C22H32IN3O2. The van der Waals surface area contributed by atoms with E-state index in [0.717, 1.165) is 23.8 Å². The first-order valence-corrected chi connectivity index (χ1v) is 9.48. The Labute approximate surface area is 186 Å². The monoisotopic (exact) mass is 497 g/mol. The third-order valence-corrected chi connectivity index (χ3v) is 4.22. The maximum Gasteiger partial charge on any atom is 0.191 e. The molecule has 0 aliphatic rings. The second-order valence-corrected chi connectivity index (χ2v) is 6.27. The highest BCUT2D eigenvalue weighted by Crippen LogP contribution is 2.20. The van der Waals surface area contributed by atoms with Gasteiger partial charge in [0.25, 0.3) is 0 Å². The summed E-state index contributed by atoms with van der Waals surface area (Å²) in [6, 6.07) is 14.5. The molecule has 2 N–H and O–H groups in total. The second kappa shape index (κ2) is 13.4. The first kappa shape index (κ1) is 24.2. The standard InChI is InChI=1S/C22H31N3O2.HI/c1-5-23-22(25-15-19-12-11-17(3)13-21(19)26-4)24-14-18-9-7-8-10-20(18)16-27-6-2;/h7-13H,5-6,14-16H2,1-4H3,(H2,23,24,25);1H. The number of nitrogens with one attached hydrogen (secondary N) is 2. The van der Waals surface area contributed by atoms with Crippen molar-refractivity contribution in [3.63, 3.8) is 0 Å². The maximum atomic E-state index is 5.57. The van der Waals surface area contributed by atoms with Gasteiger partial charge in [-0.2, -0.15) is 0 Å². The van der Waals surface area contributed by atoms with Gasteiger partial charge in [-0.3, -0.25) is 0 Å². The lowest BCUT2D eigenvalue weighted by molar-refractivity contribution is 0.133. The van der Waals surface area contributed by atoms with E-state index in [0.29, 0.717) is 26.3 Å². The summed E-state index contributed by atoms with van der Waals surface area (Å²) in [5, 5.41) is 6.72. The zero-order valence-electron chi connectivity index (χ0n) is 17.2. The maximum absolute atomic E-state index is 5.57. The first-order chi connectivity index (χ1) is 13.2. The van der Waals surface area contributed by atoms with E-state index in [1.165, 1.54) is 16.7 Å². The fourth-order valence-corrected chi connectivity index (χ4v) is 2.75. The number of hydrogen-bond acceptors (Lipinski definition) is 3. The zero-order valence-corrected chi connectivity index (χ0v) is 19.6. The van der Waals surface area contributed by atoms with Crippen LogP contribution in [0.3, 0.4) is 0 Å². The van der Waals surface area contributed by atoms with Crippen LogP contribution in [0.1, 0.15) is 36.1 Å². The lowest BCUT2D eigenvalue weighted by Gasteiger charge is -2.14. The first-order valence-electron chi connectivity index (χ1n) is 9.48. The van der Waals surface area contributed by atoms with E-state index in [2.05, 4.69) is 48.7 Å². The summed E-state index contributed by atoms with van der Waals surface area (Å²) in [5.74, 6) is 1.66. The van der Waals surface area contributed by atoms with Crippen LogP contribution in [0.25, 0.3) is 0 Å². The average molecular weight is 497 g/mol. The minimum Gasteiger partial charge on any atom is -0.496 e. The Hall–Kier alpha value is -1.80. The molecule has 0 aliphatic carbocycles. The van der Waals surface area contributed by atoms with Crippen LogP contribution in [-0.2, 0) is 24.4 Å². The van der Waals surface area contributed by atoms with Crippen molar-refractivity contribution in [2.45, 2.75) is 40.5 Å². The molecule has 2 rings (SSSR count). The van der Waals surface area contributed by atoms with E-state index >= 15 is 0 Å². The molecule has 0 amide bonds. The number of aliphatic imine (C=N–C) groups is 1. The van der Waals surface area contributed by atoms with Crippen molar-refractivity contribution in [3.8, 4) is 5.75 Å². The summed E-state index contributed by atoms with van der Waals surface area (Å²) < 4.78 is 11.0. The molecule has 0 saturated carbocycles. The Morgan fingerprint density at radius 3 is 2.43 bits per heavy atom. The van der Waals surface area contributed by atoms with Crippen molar-refractivity contribution in [2.75, 3.05) is 20.3 Å². The highest BCUT2D eigenvalue weighted by Gasteiger charge is 2.06. The van der Waals surface area contributed by atoms with Gasteiger partial charge in [0.1, 0.15) is 5.75 Å². The molecule has 0 heterocycles. The molecule has 2 aromatic carbocycles. The molecule has 0 aliphatic heterocycles. The molecule has 0 atom stereocenters. The van der Waals surface area contributed by atoms with Crippen LogP contribution in [0.15, 0.2) is 47.5 Å². The fourth-order valence-electron chi connectivity index (χ4n) is 2.75. The smallest absolute Gasteiger partial charge is 0.191 e. The molecule has 0 radical (unpaired) electrons. The van der Waals surface area contributed by atoms with E-state index < -0.39 is 0 Å². The van der Waals surface area contributed by atoms with Crippen LogP contribution in [0.2, 0.25) is 0 Å². The summed E-state index contributed by atoms with van der Waals surface area (Å²) in [7, 11) is 1.70. The van der Waals surface area contributed by atoms with Crippen molar-refractivity contribution in [1.82, 2.24) is 10.6 Å². The molecule has 2 aromatic rings. The largest absolute Gasteiger partial charge is 0.496 e. The third-order valence-electron chi connectivity index (χ3n) is 4.22. The number of halogens is 1. The molecule has 154 valence electrons. The van der Waals surface area contributed by atoms with Crippen molar-refractivity contribution in [2.24, 2.45) is 4.99 Å². The van der Waals surface area contributed by atoms with Crippen LogP contribution in [0.5, 0.6) is 5.75 Å². The number of methoxy groups -OCH3 is 1. The highest BCUT2D eigenvalue weighted by atomic mass is 127. The van der Waals surface area contributed by atoms with Gasteiger partial charge in [-0.05, 0) is 43.5 Å². The summed E-state index contributed by atoms with van der Waals surface area (Å²) in [6.45, 7) is 9.52. The van der Waals surface area contributed by atoms with Crippen LogP contribution in [-0.4, -0.2) is 26.2 Å². The summed E-state index contributed by atoms with van der Waals surface area (Å²) in [6.07, 6.45) is 0. The summed E-state index contributed by atoms with van der Waals surface area (Å²) >= 11 is 0. The van der Waals surface area contributed by atoms with Crippen LogP contribution in [0, 0.1) is 6.92 Å². The lowest BCUT2D eigenvalue weighted by atomic mass is 10.1. The van der Waals surface area contributed by atoms with Crippen LogP contribution < -0.4 is 15.4 Å². The minimum atomic E-state index is 0. The van der Waals surface area contributed by atoms with Gasteiger partial charge in [-0.15, -0.1) is 24.0 Å². The molecule has 0 aromatic heterocycles. The minimum absolute atomic E-state index is 0. The number of benzene rings is 2. The van der Waals surface area contributed by atoms with E-state index in [1.807, 2.05) is 25.1 Å². The molecule has 6 heteroatoms. The van der Waals surface area contributed by atoms with Gasteiger partial charge in [0.2, 0.25) is 0 Å². The average Bonchev–Trinajstić information content (AvgIpc) is 2.69. The molecule has 0 fully saturated rings. The van der Waals surface area contributed by atoms with Gasteiger partial charge >= 0.3 is 0 Å².